The summed E-state index contributed by atoms with van der Waals surface area (Å²) < 4.78 is 11.8. The second-order valence-electron chi connectivity index (χ2n) is 5.41. The van der Waals surface area contributed by atoms with Crippen molar-refractivity contribution in [2.75, 3.05) is 6.61 Å². The average molecular weight is 268 g/mol. The van der Waals surface area contributed by atoms with Gasteiger partial charge in [0, 0.05) is 35.9 Å². The predicted octanol–water partition coefficient (Wildman–Crippen LogP) is 3.06. The van der Waals surface area contributed by atoms with Crippen LogP contribution in [0.25, 0.3) is 0 Å². The third-order valence-electron chi connectivity index (χ3n) is 3.91. The van der Waals surface area contributed by atoms with Gasteiger partial charge in [-0.2, -0.15) is 0 Å². The van der Waals surface area contributed by atoms with Gasteiger partial charge in [-0.25, -0.2) is 0 Å². The minimum atomic E-state index is -0.155. The summed E-state index contributed by atoms with van der Waals surface area (Å²) in [6.45, 7) is 2.84. The second-order valence-corrected chi connectivity index (χ2v) is 5.85. The van der Waals surface area contributed by atoms with Gasteiger partial charge in [0.1, 0.15) is 11.4 Å². The van der Waals surface area contributed by atoms with Crippen LogP contribution in [0.2, 0.25) is 5.02 Å². The molecular weight excluding hydrogens is 250 g/mol. The van der Waals surface area contributed by atoms with E-state index < -0.39 is 0 Å². The number of nitrogens with two attached hydrogens (primary N) is 1. The van der Waals surface area contributed by atoms with E-state index in [2.05, 4.69) is 6.92 Å². The van der Waals surface area contributed by atoms with E-state index in [1.54, 1.807) is 0 Å². The van der Waals surface area contributed by atoms with Crippen LogP contribution in [0.1, 0.15) is 37.8 Å². The number of ether oxygens (including phenoxy) is 2. The van der Waals surface area contributed by atoms with Gasteiger partial charge in [-0.1, -0.05) is 11.6 Å². The molecule has 4 heteroatoms. The standard InChI is InChI=1S/C14H18ClNO2/c1-9-7-14(4-5-17-9)8-12(16)11-6-10(15)2-3-13(11)18-14/h2-3,6,9,12H,4-5,7-8,16H2,1H3. The maximum atomic E-state index is 6.29. The topological polar surface area (TPSA) is 44.5 Å². The highest BCUT2D eigenvalue weighted by atomic mass is 35.5. The van der Waals surface area contributed by atoms with Crippen molar-refractivity contribution in [1.29, 1.82) is 0 Å². The highest BCUT2D eigenvalue weighted by molar-refractivity contribution is 6.30. The second kappa shape index (κ2) is 4.41. The highest BCUT2D eigenvalue weighted by Crippen LogP contribution is 2.44. The third-order valence-corrected chi connectivity index (χ3v) is 4.14. The minimum Gasteiger partial charge on any atom is -0.487 e. The molecular formula is C14H18ClNO2. The molecule has 18 heavy (non-hydrogen) atoms. The van der Waals surface area contributed by atoms with E-state index >= 15 is 0 Å². The van der Waals surface area contributed by atoms with Crippen molar-refractivity contribution in [1.82, 2.24) is 0 Å². The number of fused-ring (bicyclic) bond motifs is 1. The van der Waals surface area contributed by atoms with Crippen LogP contribution in [0.3, 0.4) is 0 Å². The van der Waals surface area contributed by atoms with Gasteiger partial charge in [0.2, 0.25) is 0 Å². The van der Waals surface area contributed by atoms with Crippen molar-refractivity contribution < 1.29 is 9.47 Å². The molecule has 1 aromatic rings. The summed E-state index contributed by atoms with van der Waals surface area (Å²) in [6.07, 6.45) is 2.89. The average Bonchev–Trinajstić information content (AvgIpc) is 2.30. The molecule has 2 heterocycles. The van der Waals surface area contributed by atoms with Crippen molar-refractivity contribution >= 4 is 11.6 Å². The van der Waals surface area contributed by atoms with Gasteiger partial charge in [-0.15, -0.1) is 0 Å². The molecule has 0 radical (unpaired) electrons. The van der Waals surface area contributed by atoms with E-state index in [4.69, 9.17) is 26.8 Å². The first-order valence-corrected chi connectivity index (χ1v) is 6.81. The minimum absolute atomic E-state index is 0.00208. The predicted molar refractivity (Wildman–Crippen MR) is 71.0 cm³/mol. The van der Waals surface area contributed by atoms with E-state index in [9.17, 15) is 0 Å². The number of rotatable bonds is 0. The lowest BCUT2D eigenvalue weighted by molar-refractivity contribution is -0.0949. The van der Waals surface area contributed by atoms with Crippen LogP contribution in [-0.4, -0.2) is 18.3 Å². The van der Waals surface area contributed by atoms with E-state index in [1.807, 2.05) is 18.2 Å². The fraction of sp³-hybridized carbons (Fsp3) is 0.571. The fourth-order valence-electron chi connectivity index (χ4n) is 3.10. The van der Waals surface area contributed by atoms with Gasteiger partial charge >= 0.3 is 0 Å². The Balaban J connectivity index is 1.93. The summed E-state index contributed by atoms with van der Waals surface area (Å²) in [5, 5.41) is 0.712. The molecule has 3 nitrogen and oxygen atoms in total. The van der Waals surface area contributed by atoms with Gasteiger partial charge < -0.3 is 15.2 Å². The Kier molecular flexibility index (Phi) is 3.00. The molecule has 3 atom stereocenters. The molecule has 98 valence electrons. The lowest BCUT2D eigenvalue weighted by atomic mass is 9.80. The van der Waals surface area contributed by atoms with E-state index in [-0.39, 0.29) is 17.7 Å². The molecule has 3 rings (SSSR count). The first kappa shape index (κ1) is 12.3. The van der Waals surface area contributed by atoms with Gasteiger partial charge in [-0.05, 0) is 25.1 Å². The molecule has 1 fully saturated rings. The molecule has 0 aliphatic carbocycles. The van der Waals surface area contributed by atoms with Crippen LogP contribution in [0, 0.1) is 0 Å². The number of benzene rings is 1. The number of halogens is 1. The molecule has 2 aliphatic heterocycles. The monoisotopic (exact) mass is 267 g/mol. The summed E-state index contributed by atoms with van der Waals surface area (Å²) in [7, 11) is 0. The summed E-state index contributed by atoms with van der Waals surface area (Å²) in [5.41, 5.74) is 7.15. The Labute approximate surface area is 112 Å². The zero-order valence-electron chi connectivity index (χ0n) is 10.5. The first-order chi connectivity index (χ1) is 8.58. The number of hydrogen-bond acceptors (Lipinski definition) is 3. The van der Waals surface area contributed by atoms with Crippen LogP contribution in [-0.2, 0) is 4.74 Å². The molecule has 0 bridgehead atoms. The van der Waals surface area contributed by atoms with Crippen LogP contribution >= 0.6 is 11.6 Å². The summed E-state index contributed by atoms with van der Waals surface area (Å²) in [5.74, 6) is 0.882. The molecule has 2 aliphatic rings. The largest absolute Gasteiger partial charge is 0.487 e. The van der Waals surface area contributed by atoms with E-state index in [0.717, 1.165) is 37.2 Å². The van der Waals surface area contributed by atoms with Crippen LogP contribution in [0.4, 0.5) is 0 Å². The maximum Gasteiger partial charge on any atom is 0.125 e. The lowest BCUT2D eigenvalue weighted by Crippen LogP contribution is -2.49. The van der Waals surface area contributed by atoms with Crippen LogP contribution in [0.5, 0.6) is 5.75 Å². The molecule has 0 aromatic heterocycles. The third kappa shape index (κ3) is 2.11. The van der Waals surface area contributed by atoms with Gasteiger partial charge in [-0.3, -0.25) is 0 Å². The van der Waals surface area contributed by atoms with E-state index in [1.165, 1.54) is 0 Å². The van der Waals surface area contributed by atoms with Crippen molar-refractivity contribution in [2.24, 2.45) is 5.73 Å². The summed E-state index contributed by atoms with van der Waals surface area (Å²) in [6, 6.07) is 5.70. The van der Waals surface area contributed by atoms with Gasteiger partial charge in [0.15, 0.2) is 0 Å². The summed E-state index contributed by atoms with van der Waals surface area (Å²) in [4.78, 5) is 0. The Bertz CT molecular complexity index is 465. The Morgan fingerprint density at radius 3 is 3.00 bits per heavy atom. The van der Waals surface area contributed by atoms with Crippen molar-refractivity contribution in [2.45, 2.75) is 43.9 Å². The smallest absolute Gasteiger partial charge is 0.125 e. The van der Waals surface area contributed by atoms with Crippen LogP contribution in [0.15, 0.2) is 18.2 Å². The normalized spacial score (nSPS) is 35.1. The van der Waals surface area contributed by atoms with Crippen molar-refractivity contribution in [3.05, 3.63) is 28.8 Å². The van der Waals surface area contributed by atoms with Gasteiger partial charge in [0.25, 0.3) is 0 Å². The lowest BCUT2D eigenvalue weighted by Gasteiger charge is -2.45. The molecule has 0 saturated carbocycles. The molecule has 1 aromatic carbocycles. The van der Waals surface area contributed by atoms with E-state index in [0.29, 0.717) is 5.02 Å². The molecule has 1 spiro atoms. The van der Waals surface area contributed by atoms with Gasteiger partial charge in [0.05, 0.1) is 12.7 Å². The Morgan fingerprint density at radius 1 is 1.39 bits per heavy atom. The quantitative estimate of drug-likeness (QED) is 0.786. The van der Waals surface area contributed by atoms with Crippen LogP contribution < -0.4 is 10.5 Å². The first-order valence-electron chi connectivity index (χ1n) is 6.44. The maximum absolute atomic E-state index is 6.29. The van der Waals surface area contributed by atoms with Crippen molar-refractivity contribution in [3.8, 4) is 5.75 Å². The number of hydrogen-bond donors (Lipinski definition) is 1. The highest BCUT2D eigenvalue weighted by Gasteiger charge is 2.43. The zero-order valence-corrected chi connectivity index (χ0v) is 11.2. The fourth-order valence-corrected chi connectivity index (χ4v) is 3.28. The Hall–Kier alpha value is -0.770. The molecule has 2 N–H and O–H groups in total. The Morgan fingerprint density at radius 2 is 2.22 bits per heavy atom. The SMILES string of the molecule is CC1CC2(CCO1)CC(N)c1cc(Cl)ccc1O2. The molecule has 0 amide bonds. The van der Waals surface area contributed by atoms with Crippen molar-refractivity contribution in [3.63, 3.8) is 0 Å². The molecule has 1 saturated heterocycles. The molecule has 3 unspecified atom stereocenters. The zero-order chi connectivity index (χ0) is 12.8. The summed E-state index contributed by atoms with van der Waals surface area (Å²) >= 11 is 6.01.